The molecule has 0 fully saturated rings. The first-order valence-electron chi connectivity index (χ1n) is 6.37. The van der Waals surface area contributed by atoms with Gasteiger partial charge in [0.1, 0.15) is 0 Å². The summed E-state index contributed by atoms with van der Waals surface area (Å²) in [4.78, 5) is 0. The quantitative estimate of drug-likeness (QED) is 0.278. The summed E-state index contributed by atoms with van der Waals surface area (Å²) in [7, 11) is 0. The molecule has 0 rings (SSSR count). The molecule has 2 unspecified atom stereocenters. The minimum Gasteiger partial charge on any atom is -0.411 e. The van der Waals surface area contributed by atoms with Crippen LogP contribution < -0.4 is 0 Å². The summed E-state index contributed by atoms with van der Waals surface area (Å²) in [6.07, 6.45) is 10.1. The molecule has 2 atom stereocenters. The lowest BCUT2D eigenvalue weighted by Crippen LogP contribution is -1.99. The summed E-state index contributed by atoms with van der Waals surface area (Å²) >= 11 is 0. The summed E-state index contributed by atoms with van der Waals surface area (Å²) in [6, 6.07) is 0. The van der Waals surface area contributed by atoms with Crippen molar-refractivity contribution in [1.82, 2.24) is 0 Å². The highest BCUT2D eigenvalue weighted by Crippen LogP contribution is 2.16. The zero-order chi connectivity index (χ0) is 12.4. The topological polar surface area (TPSA) is 32.6 Å². The van der Waals surface area contributed by atoms with Gasteiger partial charge in [0.2, 0.25) is 0 Å². The number of oxime groups is 1. The second kappa shape index (κ2) is 9.44. The van der Waals surface area contributed by atoms with Crippen molar-refractivity contribution in [3.8, 4) is 0 Å². The minimum absolute atomic E-state index is 0.398. The lowest BCUT2D eigenvalue weighted by molar-refractivity contribution is 0.317. The van der Waals surface area contributed by atoms with Crippen LogP contribution >= 0.6 is 0 Å². The molecule has 0 heterocycles. The fourth-order valence-electron chi connectivity index (χ4n) is 1.78. The first kappa shape index (κ1) is 15.2. The second-order valence-electron chi connectivity index (χ2n) is 5.14. The predicted molar refractivity (Wildman–Crippen MR) is 71.1 cm³/mol. The van der Waals surface area contributed by atoms with Crippen LogP contribution in [-0.4, -0.2) is 11.4 Å². The van der Waals surface area contributed by atoms with E-state index in [0.717, 1.165) is 12.3 Å². The third kappa shape index (κ3) is 9.75. The smallest absolute Gasteiger partial charge is 0.0464 e. The molecule has 94 valence electrons. The molecule has 0 radical (unpaired) electrons. The maximum Gasteiger partial charge on any atom is 0.0464 e. The average Bonchev–Trinajstić information content (AvgIpc) is 2.17. The van der Waals surface area contributed by atoms with Crippen molar-refractivity contribution in [2.75, 3.05) is 0 Å². The van der Waals surface area contributed by atoms with Crippen LogP contribution in [0, 0.1) is 11.8 Å². The Morgan fingerprint density at radius 2 is 1.88 bits per heavy atom. The second-order valence-corrected chi connectivity index (χ2v) is 5.14. The number of nitrogens with zero attached hydrogens (tertiary/aromatic N) is 1. The van der Waals surface area contributed by atoms with Gasteiger partial charge in [-0.25, -0.2) is 0 Å². The van der Waals surface area contributed by atoms with Crippen LogP contribution in [0.15, 0.2) is 16.8 Å². The Morgan fingerprint density at radius 1 is 1.19 bits per heavy atom. The van der Waals surface area contributed by atoms with Crippen molar-refractivity contribution >= 4 is 6.21 Å². The Bertz CT molecular complexity index is 217. The zero-order valence-electron chi connectivity index (χ0n) is 11.2. The number of allylic oxidation sites excluding steroid dienone is 2. The van der Waals surface area contributed by atoms with Crippen molar-refractivity contribution in [2.24, 2.45) is 17.0 Å². The summed E-state index contributed by atoms with van der Waals surface area (Å²) in [5.41, 5.74) is 1.42. The Labute approximate surface area is 100 Å². The first-order valence-corrected chi connectivity index (χ1v) is 6.37. The fourth-order valence-corrected chi connectivity index (χ4v) is 1.78. The van der Waals surface area contributed by atoms with Gasteiger partial charge in [-0.05, 0) is 44.9 Å². The van der Waals surface area contributed by atoms with E-state index in [1.165, 1.54) is 31.3 Å². The van der Waals surface area contributed by atoms with Crippen molar-refractivity contribution < 1.29 is 5.21 Å². The van der Waals surface area contributed by atoms with Gasteiger partial charge in [-0.3, -0.25) is 0 Å². The lowest BCUT2D eigenvalue weighted by Gasteiger charge is -2.11. The number of rotatable bonds is 8. The van der Waals surface area contributed by atoms with E-state index >= 15 is 0 Å². The molecule has 0 aromatic rings. The van der Waals surface area contributed by atoms with Crippen molar-refractivity contribution in [1.29, 1.82) is 0 Å². The molecule has 0 spiro atoms. The maximum atomic E-state index is 8.38. The van der Waals surface area contributed by atoms with E-state index in [-0.39, 0.29) is 0 Å². The van der Waals surface area contributed by atoms with Gasteiger partial charge in [0.25, 0.3) is 0 Å². The van der Waals surface area contributed by atoms with Crippen molar-refractivity contribution in [2.45, 2.75) is 59.8 Å². The largest absolute Gasteiger partial charge is 0.411 e. The Hall–Kier alpha value is -0.790. The molecule has 0 amide bonds. The molecule has 0 saturated carbocycles. The SMILES string of the molecule is CC(C)=CCCC(C)CCCC(C)/C=N/O. The zero-order valence-corrected chi connectivity index (χ0v) is 11.2. The molecule has 2 nitrogen and oxygen atoms in total. The Balaban J connectivity index is 3.50. The monoisotopic (exact) mass is 225 g/mol. The molecule has 2 heteroatoms. The van der Waals surface area contributed by atoms with Gasteiger partial charge in [-0.1, -0.05) is 38.3 Å². The van der Waals surface area contributed by atoms with E-state index < -0.39 is 0 Å². The molecule has 0 aliphatic carbocycles. The van der Waals surface area contributed by atoms with Crippen LogP contribution in [0.4, 0.5) is 0 Å². The van der Waals surface area contributed by atoms with Crippen LogP contribution in [0.2, 0.25) is 0 Å². The molecular formula is C14H27NO. The summed E-state index contributed by atoms with van der Waals surface area (Å²) in [5, 5.41) is 11.4. The molecule has 0 aromatic carbocycles. The maximum absolute atomic E-state index is 8.38. The Kier molecular flexibility index (Phi) is 8.97. The highest BCUT2D eigenvalue weighted by Gasteiger charge is 2.03. The minimum atomic E-state index is 0.398. The summed E-state index contributed by atoms with van der Waals surface area (Å²) in [5.74, 6) is 1.20. The fraction of sp³-hybridized carbons (Fsp3) is 0.786. The normalized spacial score (nSPS) is 15.0. The van der Waals surface area contributed by atoms with Crippen LogP contribution in [0.5, 0.6) is 0 Å². The molecular weight excluding hydrogens is 198 g/mol. The van der Waals surface area contributed by atoms with Crippen LogP contribution in [0.3, 0.4) is 0 Å². The van der Waals surface area contributed by atoms with E-state index in [9.17, 15) is 0 Å². The number of hydrogen-bond acceptors (Lipinski definition) is 2. The highest BCUT2D eigenvalue weighted by atomic mass is 16.4. The van der Waals surface area contributed by atoms with E-state index in [1.54, 1.807) is 6.21 Å². The van der Waals surface area contributed by atoms with Gasteiger partial charge in [0, 0.05) is 6.21 Å². The van der Waals surface area contributed by atoms with Crippen LogP contribution in [-0.2, 0) is 0 Å². The van der Waals surface area contributed by atoms with E-state index in [2.05, 4.69) is 38.9 Å². The van der Waals surface area contributed by atoms with Crippen LogP contribution in [0.1, 0.15) is 59.8 Å². The third-order valence-electron chi connectivity index (χ3n) is 2.89. The van der Waals surface area contributed by atoms with E-state index in [1.807, 2.05) is 0 Å². The van der Waals surface area contributed by atoms with Crippen molar-refractivity contribution in [3.05, 3.63) is 11.6 Å². The molecule has 0 aliphatic heterocycles. The number of hydrogen-bond donors (Lipinski definition) is 1. The third-order valence-corrected chi connectivity index (χ3v) is 2.89. The predicted octanol–water partition coefficient (Wildman–Crippen LogP) is 4.64. The van der Waals surface area contributed by atoms with Gasteiger partial charge in [0.15, 0.2) is 0 Å². The van der Waals surface area contributed by atoms with Gasteiger partial charge in [-0.2, -0.15) is 0 Å². The summed E-state index contributed by atoms with van der Waals surface area (Å²) in [6.45, 7) is 8.72. The highest BCUT2D eigenvalue weighted by molar-refractivity contribution is 5.58. The lowest BCUT2D eigenvalue weighted by atomic mass is 9.95. The van der Waals surface area contributed by atoms with Crippen LogP contribution in [0.25, 0.3) is 0 Å². The van der Waals surface area contributed by atoms with Gasteiger partial charge in [-0.15, -0.1) is 5.16 Å². The van der Waals surface area contributed by atoms with Gasteiger partial charge >= 0.3 is 0 Å². The van der Waals surface area contributed by atoms with Gasteiger partial charge < -0.3 is 5.21 Å². The standard InChI is InChI=1S/C14H27NO/c1-12(2)7-5-8-13(3)9-6-10-14(4)11-15-16/h7,11,13-14,16H,5-6,8-10H2,1-4H3/b15-11+. The molecule has 0 aliphatic rings. The van der Waals surface area contributed by atoms with Gasteiger partial charge in [0.05, 0.1) is 0 Å². The molecule has 1 N–H and O–H groups in total. The first-order chi connectivity index (χ1) is 7.56. The van der Waals surface area contributed by atoms with Crippen molar-refractivity contribution in [3.63, 3.8) is 0 Å². The van der Waals surface area contributed by atoms with E-state index in [0.29, 0.717) is 5.92 Å². The van der Waals surface area contributed by atoms with E-state index in [4.69, 9.17) is 5.21 Å². The molecule has 0 saturated heterocycles. The molecule has 0 bridgehead atoms. The summed E-state index contributed by atoms with van der Waals surface area (Å²) < 4.78 is 0. The molecule has 0 aromatic heterocycles. The molecule has 16 heavy (non-hydrogen) atoms. The average molecular weight is 225 g/mol. The Morgan fingerprint density at radius 3 is 2.44 bits per heavy atom.